The highest BCUT2D eigenvalue weighted by Gasteiger charge is 2.38. The SMILES string of the molecule is COn1nnc2ccccc21.NCc1ccccc1.O=C(CCc1ccccc1)COc1cccc(/C=C2\SC(=S)N(NC3=NS(=O)(=O)c4ccccc43)C2=O)c1.O=C(O)COc1cccc(/C=C2\SC(=S)N(NC3=NS(=O)(=O)c4ccccc43)C2=O)c1. The number of rotatable bonds is 15. The van der Waals surface area contributed by atoms with Crippen molar-refractivity contribution in [2.24, 2.45) is 14.5 Å². The van der Waals surface area contributed by atoms with Gasteiger partial charge in [-0.25, -0.2) is 4.79 Å². The molecule has 12 rings (SSSR count). The summed E-state index contributed by atoms with van der Waals surface area (Å²) in [5, 5.41) is 18.5. The van der Waals surface area contributed by atoms with Gasteiger partial charge in [0.2, 0.25) is 0 Å². The maximum atomic E-state index is 13.1. The summed E-state index contributed by atoms with van der Waals surface area (Å²) >= 11 is 12.7. The van der Waals surface area contributed by atoms with Crippen molar-refractivity contribution in [2.75, 3.05) is 20.3 Å². The summed E-state index contributed by atoms with van der Waals surface area (Å²) in [5.41, 5.74) is 16.8. The molecular formula is C60H50N10O12S6. The number of carbonyl (C=O) groups excluding carboxylic acids is 3. The van der Waals surface area contributed by atoms with Crippen LogP contribution >= 0.6 is 48.0 Å². The number of ether oxygens (including phenoxy) is 2. The van der Waals surface area contributed by atoms with Gasteiger partial charge in [-0.3, -0.25) is 25.2 Å². The molecule has 28 heteroatoms. The molecule has 88 heavy (non-hydrogen) atoms. The molecule has 0 saturated carbocycles. The number of nitrogens with two attached hydrogens (primary N) is 1. The molecule has 0 atom stereocenters. The van der Waals surface area contributed by atoms with E-state index in [4.69, 9.17) is 49.6 Å². The second-order valence-electron chi connectivity index (χ2n) is 18.5. The number of aromatic nitrogens is 3. The molecule has 5 N–H and O–H groups in total. The van der Waals surface area contributed by atoms with Crippen LogP contribution in [0.3, 0.4) is 0 Å². The smallest absolute Gasteiger partial charge is 0.341 e. The molecule has 0 bridgehead atoms. The predicted octanol–water partition coefficient (Wildman–Crippen LogP) is 7.76. The molecule has 2 fully saturated rings. The van der Waals surface area contributed by atoms with E-state index in [9.17, 15) is 36.0 Å². The van der Waals surface area contributed by atoms with Crippen molar-refractivity contribution in [1.29, 1.82) is 0 Å². The van der Waals surface area contributed by atoms with Crippen LogP contribution in [0.15, 0.2) is 210 Å². The van der Waals surface area contributed by atoms with Gasteiger partial charge in [0.15, 0.2) is 32.7 Å². The number of ketones is 1. The first-order chi connectivity index (χ1) is 42.4. The van der Waals surface area contributed by atoms with Crippen LogP contribution in [0.4, 0.5) is 0 Å². The number of nitrogens with one attached hydrogen (secondary N) is 2. The Bertz CT molecular complexity index is 4360. The summed E-state index contributed by atoms with van der Waals surface area (Å²) in [6.45, 7) is 0.109. The maximum absolute atomic E-state index is 13.1. The fourth-order valence-electron chi connectivity index (χ4n) is 8.31. The van der Waals surface area contributed by atoms with Gasteiger partial charge in [-0.1, -0.05) is 150 Å². The third kappa shape index (κ3) is 16.0. The molecule has 4 aliphatic rings. The minimum Gasteiger partial charge on any atom is -0.486 e. The highest BCUT2D eigenvalue weighted by molar-refractivity contribution is 8.27. The highest BCUT2D eigenvalue weighted by Crippen LogP contribution is 2.35. The number of benzene rings is 7. The van der Waals surface area contributed by atoms with Crippen LogP contribution in [-0.2, 0) is 52.2 Å². The maximum Gasteiger partial charge on any atom is 0.341 e. The highest BCUT2D eigenvalue weighted by atomic mass is 32.2. The Morgan fingerprint density at radius 3 is 1.57 bits per heavy atom. The minimum absolute atomic E-state index is 0.00961. The molecule has 0 aliphatic carbocycles. The lowest BCUT2D eigenvalue weighted by Crippen LogP contribution is -2.44. The third-order valence-corrected chi connectivity index (χ3v) is 17.7. The van der Waals surface area contributed by atoms with Crippen molar-refractivity contribution in [3.8, 4) is 11.5 Å². The average molecular weight is 1300 g/mol. The van der Waals surface area contributed by atoms with E-state index < -0.39 is 44.4 Å². The second-order valence-corrected chi connectivity index (χ2v) is 25.0. The number of nitrogens with zero attached hydrogens (tertiary/aromatic N) is 7. The molecule has 448 valence electrons. The summed E-state index contributed by atoms with van der Waals surface area (Å²) in [7, 11) is -6.13. The number of hydrazine groups is 2. The van der Waals surface area contributed by atoms with Crippen molar-refractivity contribution >= 4 is 135 Å². The molecule has 0 unspecified atom stereocenters. The number of aliphatic carboxylic acids is 1. The number of amides is 2. The summed E-state index contributed by atoms with van der Waals surface area (Å²) in [5.74, 6) is -1.14. The van der Waals surface area contributed by atoms with Gasteiger partial charge in [0.25, 0.3) is 31.9 Å². The number of hydrogen-bond donors (Lipinski definition) is 4. The molecule has 22 nitrogen and oxygen atoms in total. The Hall–Kier alpha value is -9.42. The quantitative estimate of drug-likeness (QED) is 0.0563. The van der Waals surface area contributed by atoms with E-state index in [1.807, 2.05) is 84.9 Å². The standard InChI is InChI=1S/C27H21N3O5S3.C19H13N3O6S3.C7H7N3O.C7H9N/c31-20(14-13-18-7-2-1-3-8-18)17-35-21-10-6-9-19(15-21)16-23-26(32)30(27(36)37-23)28-25-22-11-4-5-12-24(22)38(33,34)29-25;23-16(24)10-28-12-5-3-4-11(8-12)9-14-18(25)22(19(29)30-14)20-17-13-6-1-2-7-15(13)31(26,27)21-17;1-11-10-7-5-3-2-4-6(7)8-9-10;8-6-7-4-2-1-3-5-7/h1-12,15-16H,13-14,17H2,(H,28,29);1-9H,10H2,(H,20,21)(H,23,24);2-5H,1H3;1-5H,6,8H2/b23-16-;14-9-;;. The molecule has 2 saturated heterocycles. The second kappa shape index (κ2) is 28.8. The average Bonchev–Trinajstić information content (AvgIpc) is 2.15. The van der Waals surface area contributed by atoms with Gasteiger partial charge < -0.3 is 25.2 Å². The largest absolute Gasteiger partial charge is 0.486 e. The van der Waals surface area contributed by atoms with Crippen molar-refractivity contribution in [3.63, 3.8) is 0 Å². The number of amidine groups is 2. The first-order valence-electron chi connectivity index (χ1n) is 26.2. The number of carboxylic acid groups (broad SMARTS) is 1. The zero-order valence-electron chi connectivity index (χ0n) is 46.1. The van der Waals surface area contributed by atoms with Crippen molar-refractivity contribution in [3.05, 3.63) is 225 Å². The summed E-state index contributed by atoms with van der Waals surface area (Å²) in [6.07, 6.45) is 4.28. The number of aryl methyl sites for hydroxylation is 1. The summed E-state index contributed by atoms with van der Waals surface area (Å²) < 4.78 is 67.7. The Morgan fingerprint density at radius 1 is 0.614 bits per heavy atom. The number of carboxylic acids is 1. The van der Waals surface area contributed by atoms with Gasteiger partial charge in [-0.05, 0) is 131 Å². The molecule has 0 radical (unpaired) electrons. The molecule has 4 aliphatic heterocycles. The number of thioether (sulfide) groups is 2. The van der Waals surface area contributed by atoms with Crippen LogP contribution in [0.1, 0.15) is 39.8 Å². The van der Waals surface area contributed by atoms with E-state index in [2.05, 4.69) is 30.0 Å². The fourth-order valence-corrected chi connectivity index (χ4v) is 13.0. The van der Waals surface area contributed by atoms with Crippen LogP contribution in [-0.4, -0.2) is 111 Å². The molecule has 1 aromatic heterocycles. The predicted molar refractivity (Wildman–Crippen MR) is 342 cm³/mol. The first-order valence-corrected chi connectivity index (χ1v) is 31.5. The van der Waals surface area contributed by atoms with E-state index >= 15 is 0 Å². The zero-order valence-corrected chi connectivity index (χ0v) is 51.0. The number of Topliss-reactive ketones (excluding diaryl/α,β-unsaturated/α-hetero) is 1. The van der Waals surface area contributed by atoms with Crippen LogP contribution < -0.4 is 30.9 Å². The number of hydrogen-bond acceptors (Lipinski definition) is 20. The van der Waals surface area contributed by atoms with E-state index in [1.165, 1.54) is 22.5 Å². The van der Waals surface area contributed by atoms with Gasteiger partial charge in [-0.2, -0.15) is 26.9 Å². The normalized spacial score (nSPS) is 15.8. The van der Waals surface area contributed by atoms with Crippen LogP contribution in [0.2, 0.25) is 0 Å². The minimum atomic E-state index is -3.84. The lowest BCUT2D eigenvalue weighted by molar-refractivity contribution is -0.139. The van der Waals surface area contributed by atoms with Crippen LogP contribution in [0, 0.1) is 0 Å². The van der Waals surface area contributed by atoms with E-state index in [1.54, 1.807) is 104 Å². The molecular weight excluding hydrogens is 1250 g/mol. The van der Waals surface area contributed by atoms with Gasteiger partial charge in [0, 0.05) is 24.1 Å². The molecule has 2 amide bonds. The monoisotopic (exact) mass is 1290 g/mol. The Balaban J connectivity index is 0.000000162. The van der Waals surface area contributed by atoms with E-state index in [0.717, 1.165) is 50.1 Å². The molecule has 7 aromatic carbocycles. The number of carbonyl (C=O) groups is 4. The van der Waals surface area contributed by atoms with Crippen molar-refractivity contribution in [1.82, 2.24) is 36.0 Å². The fraction of sp³-hybridized carbons (Fsp3) is 0.100. The Labute approximate surface area is 523 Å². The molecule has 8 aromatic rings. The van der Waals surface area contributed by atoms with Crippen molar-refractivity contribution in [2.45, 2.75) is 29.2 Å². The number of thiocarbonyl (C=S) groups is 2. The van der Waals surface area contributed by atoms with Crippen LogP contribution in [0.5, 0.6) is 11.5 Å². The van der Waals surface area contributed by atoms with Gasteiger partial charge in [-0.15, -0.1) is 13.9 Å². The lowest BCUT2D eigenvalue weighted by atomic mass is 10.1. The Morgan fingerprint density at radius 2 is 1.08 bits per heavy atom. The first kappa shape index (κ1) is 63.1. The van der Waals surface area contributed by atoms with E-state index in [-0.39, 0.29) is 42.5 Å². The van der Waals surface area contributed by atoms with E-state index in [0.29, 0.717) is 62.9 Å². The third-order valence-electron chi connectivity index (χ3n) is 12.5. The molecule has 0 spiro atoms. The number of fused-ring (bicyclic) bond motifs is 3. The van der Waals surface area contributed by atoms with Gasteiger partial charge in [0.1, 0.15) is 46.0 Å². The topological polar surface area (TPSA) is 296 Å². The Kier molecular flexibility index (Phi) is 20.7. The summed E-state index contributed by atoms with van der Waals surface area (Å²) in [4.78, 5) is 55.9. The number of para-hydroxylation sites is 1. The lowest BCUT2D eigenvalue weighted by Gasteiger charge is -2.16. The summed E-state index contributed by atoms with van der Waals surface area (Å²) in [6, 6.07) is 53.6. The van der Waals surface area contributed by atoms with Gasteiger partial charge >= 0.3 is 5.97 Å². The number of sulfonamides is 2. The van der Waals surface area contributed by atoms with Crippen molar-refractivity contribution < 1.29 is 55.4 Å². The molecule has 5 heterocycles. The van der Waals surface area contributed by atoms with Crippen LogP contribution in [0.25, 0.3) is 23.2 Å². The zero-order chi connectivity index (χ0) is 62.4. The van der Waals surface area contributed by atoms with Gasteiger partial charge in [0.05, 0.1) is 9.81 Å².